The van der Waals surface area contributed by atoms with Crippen LogP contribution in [-0.4, -0.2) is 50.6 Å². The molecule has 1 unspecified atom stereocenters. The van der Waals surface area contributed by atoms with Crippen molar-refractivity contribution in [2.45, 2.75) is 19.9 Å². The van der Waals surface area contributed by atoms with Crippen LogP contribution >= 0.6 is 22.7 Å². The zero-order valence-corrected chi connectivity index (χ0v) is 15.8. The van der Waals surface area contributed by atoms with Crippen LogP contribution < -0.4 is 5.32 Å². The number of rotatable bonds is 8. The minimum absolute atomic E-state index is 0.104. The van der Waals surface area contributed by atoms with Gasteiger partial charge >= 0.3 is 0 Å². The Kier molecular flexibility index (Phi) is 5.90. The van der Waals surface area contributed by atoms with Crippen LogP contribution in [0.3, 0.4) is 0 Å². The molecule has 25 heavy (non-hydrogen) atoms. The predicted octanol–water partition coefficient (Wildman–Crippen LogP) is 2.60. The second kappa shape index (κ2) is 8.32. The molecule has 1 amide bonds. The van der Waals surface area contributed by atoms with Crippen molar-refractivity contribution in [1.29, 1.82) is 0 Å². The van der Waals surface area contributed by atoms with Crippen LogP contribution in [0.1, 0.15) is 35.1 Å². The number of hydrogen-bond donors (Lipinski definition) is 1. The molecule has 0 aromatic carbocycles. The fourth-order valence-electron chi connectivity index (χ4n) is 2.78. The van der Waals surface area contributed by atoms with Gasteiger partial charge in [0.05, 0.1) is 11.7 Å². The van der Waals surface area contributed by atoms with Crippen molar-refractivity contribution in [1.82, 2.24) is 30.4 Å². The first-order chi connectivity index (χ1) is 12.2. The lowest BCUT2D eigenvalue weighted by atomic mass is 10.1. The first-order valence-corrected chi connectivity index (χ1v) is 9.92. The molecule has 0 fully saturated rings. The van der Waals surface area contributed by atoms with E-state index >= 15 is 0 Å². The summed E-state index contributed by atoms with van der Waals surface area (Å²) in [5, 5.41) is 20.3. The molecular weight excluding hydrogens is 356 g/mol. The largest absolute Gasteiger partial charge is 0.349 e. The van der Waals surface area contributed by atoms with E-state index in [2.05, 4.69) is 56.4 Å². The van der Waals surface area contributed by atoms with E-state index in [9.17, 15) is 4.79 Å². The maximum absolute atomic E-state index is 12.7. The van der Waals surface area contributed by atoms with Crippen LogP contribution in [0.25, 0.3) is 5.69 Å². The highest BCUT2D eigenvalue weighted by atomic mass is 32.1. The minimum atomic E-state index is -0.104. The van der Waals surface area contributed by atoms with E-state index in [0.717, 1.165) is 13.1 Å². The van der Waals surface area contributed by atoms with Gasteiger partial charge in [-0.2, -0.15) is 16.0 Å². The SMILES string of the molecule is CCN(CC)C(CNC(=O)c1sccc1-n1cnnn1)c1ccsc1. The van der Waals surface area contributed by atoms with Gasteiger partial charge in [-0.05, 0) is 57.4 Å². The summed E-state index contributed by atoms with van der Waals surface area (Å²) in [6.45, 7) is 6.70. The number of amides is 1. The molecule has 0 saturated heterocycles. The zero-order valence-electron chi connectivity index (χ0n) is 14.1. The van der Waals surface area contributed by atoms with Crippen LogP contribution in [-0.2, 0) is 0 Å². The average Bonchev–Trinajstić information content (AvgIpc) is 3.39. The van der Waals surface area contributed by atoms with Gasteiger partial charge in [-0.1, -0.05) is 13.8 Å². The highest BCUT2D eigenvalue weighted by molar-refractivity contribution is 7.12. The van der Waals surface area contributed by atoms with E-state index in [4.69, 9.17) is 0 Å². The summed E-state index contributed by atoms with van der Waals surface area (Å²) in [5.74, 6) is -0.104. The van der Waals surface area contributed by atoms with Gasteiger partial charge in [-0.15, -0.1) is 16.4 Å². The number of carbonyl (C=O) groups excluding carboxylic acids is 1. The molecule has 3 aromatic rings. The van der Waals surface area contributed by atoms with Crippen molar-refractivity contribution >= 4 is 28.6 Å². The van der Waals surface area contributed by atoms with Gasteiger partial charge in [-0.3, -0.25) is 9.69 Å². The Hall–Kier alpha value is -2.10. The molecule has 3 rings (SSSR count). The Balaban J connectivity index is 1.73. The van der Waals surface area contributed by atoms with E-state index in [1.807, 2.05) is 11.4 Å². The maximum Gasteiger partial charge on any atom is 0.263 e. The van der Waals surface area contributed by atoms with E-state index < -0.39 is 0 Å². The summed E-state index contributed by atoms with van der Waals surface area (Å²) < 4.78 is 1.51. The van der Waals surface area contributed by atoms with E-state index in [0.29, 0.717) is 17.1 Å². The molecule has 7 nitrogen and oxygen atoms in total. The number of tetrazole rings is 1. The Bertz CT molecular complexity index is 780. The lowest BCUT2D eigenvalue weighted by Gasteiger charge is -2.29. The first kappa shape index (κ1) is 17.7. The van der Waals surface area contributed by atoms with Crippen LogP contribution in [0.15, 0.2) is 34.6 Å². The summed E-state index contributed by atoms with van der Waals surface area (Å²) in [6, 6.07) is 4.13. The van der Waals surface area contributed by atoms with Crippen molar-refractivity contribution in [2.24, 2.45) is 0 Å². The van der Waals surface area contributed by atoms with E-state index in [1.54, 1.807) is 11.3 Å². The van der Waals surface area contributed by atoms with Gasteiger partial charge in [0.2, 0.25) is 0 Å². The van der Waals surface area contributed by atoms with Crippen LogP contribution in [0.4, 0.5) is 0 Å². The topological polar surface area (TPSA) is 75.9 Å². The molecule has 9 heteroatoms. The Morgan fingerprint density at radius 1 is 1.32 bits per heavy atom. The molecule has 3 heterocycles. The van der Waals surface area contributed by atoms with Gasteiger partial charge in [0, 0.05) is 6.54 Å². The van der Waals surface area contributed by atoms with Gasteiger partial charge in [0.1, 0.15) is 11.2 Å². The van der Waals surface area contributed by atoms with E-state index in [-0.39, 0.29) is 11.9 Å². The molecule has 0 radical (unpaired) electrons. The highest BCUT2D eigenvalue weighted by Crippen LogP contribution is 2.23. The summed E-state index contributed by atoms with van der Waals surface area (Å²) in [5.41, 5.74) is 1.93. The van der Waals surface area contributed by atoms with Gasteiger partial charge < -0.3 is 5.32 Å². The normalized spacial score (nSPS) is 12.4. The fraction of sp³-hybridized carbons (Fsp3) is 0.375. The summed E-state index contributed by atoms with van der Waals surface area (Å²) >= 11 is 3.06. The summed E-state index contributed by atoms with van der Waals surface area (Å²) in [7, 11) is 0. The summed E-state index contributed by atoms with van der Waals surface area (Å²) in [6.07, 6.45) is 1.49. The number of thiophene rings is 2. The molecular formula is C16H20N6OS2. The number of carbonyl (C=O) groups is 1. The number of nitrogens with zero attached hydrogens (tertiary/aromatic N) is 5. The van der Waals surface area contributed by atoms with E-state index in [1.165, 1.54) is 27.9 Å². The summed E-state index contributed by atoms with van der Waals surface area (Å²) in [4.78, 5) is 15.7. The molecule has 0 aliphatic carbocycles. The van der Waals surface area contributed by atoms with Crippen molar-refractivity contribution < 1.29 is 4.79 Å². The smallest absolute Gasteiger partial charge is 0.263 e. The molecule has 0 spiro atoms. The van der Waals surface area contributed by atoms with Crippen molar-refractivity contribution in [3.05, 3.63) is 45.0 Å². The van der Waals surface area contributed by atoms with Crippen LogP contribution in [0.2, 0.25) is 0 Å². The molecule has 1 atom stereocenters. The maximum atomic E-state index is 12.7. The van der Waals surface area contributed by atoms with Crippen molar-refractivity contribution in [3.63, 3.8) is 0 Å². The third kappa shape index (κ3) is 3.94. The van der Waals surface area contributed by atoms with Crippen LogP contribution in [0, 0.1) is 0 Å². The Morgan fingerprint density at radius 2 is 2.16 bits per heavy atom. The van der Waals surface area contributed by atoms with Crippen molar-refractivity contribution in [2.75, 3.05) is 19.6 Å². The van der Waals surface area contributed by atoms with Gasteiger partial charge in [0.15, 0.2) is 0 Å². The number of nitrogens with one attached hydrogen (secondary N) is 1. The molecule has 132 valence electrons. The number of hydrogen-bond acceptors (Lipinski definition) is 7. The third-order valence-electron chi connectivity index (χ3n) is 4.08. The first-order valence-electron chi connectivity index (χ1n) is 8.09. The number of aromatic nitrogens is 4. The van der Waals surface area contributed by atoms with Crippen molar-refractivity contribution in [3.8, 4) is 5.69 Å². The lowest BCUT2D eigenvalue weighted by Crippen LogP contribution is -2.37. The Morgan fingerprint density at radius 3 is 2.80 bits per heavy atom. The average molecular weight is 377 g/mol. The second-order valence-electron chi connectivity index (χ2n) is 5.39. The standard InChI is InChI=1S/C16H20N6OS2/c1-3-21(4-2)14(12-5-7-24-10-12)9-17-16(23)15-13(6-8-25-15)22-11-18-19-20-22/h5-8,10-11,14H,3-4,9H2,1-2H3,(H,17,23). The molecule has 1 N–H and O–H groups in total. The molecule has 0 bridgehead atoms. The molecule has 3 aromatic heterocycles. The third-order valence-corrected chi connectivity index (χ3v) is 5.69. The van der Waals surface area contributed by atoms with Crippen LogP contribution in [0.5, 0.6) is 0 Å². The zero-order chi connectivity index (χ0) is 17.6. The fourth-order valence-corrected chi connectivity index (χ4v) is 4.28. The highest BCUT2D eigenvalue weighted by Gasteiger charge is 2.21. The Labute approximate surface area is 154 Å². The van der Waals surface area contributed by atoms with Gasteiger partial charge in [0.25, 0.3) is 5.91 Å². The second-order valence-corrected chi connectivity index (χ2v) is 7.09. The number of likely N-dealkylation sites (N-methyl/N-ethyl adjacent to an activating group) is 1. The predicted molar refractivity (Wildman–Crippen MR) is 99.3 cm³/mol. The van der Waals surface area contributed by atoms with Gasteiger partial charge in [-0.25, -0.2) is 0 Å². The molecule has 0 aliphatic heterocycles. The quantitative estimate of drug-likeness (QED) is 0.654. The molecule has 0 saturated carbocycles. The lowest BCUT2D eigenvalue weighted by molar-refractivity contribution is 0.0939. The molecule has 0 aliphatic rings. The minimum Gasteiger partial charge on any atom is -0.349 e. The monoisotopic (exact) mass is 376 g/mol.